The van der Waals surface area contributed by atoms with Crippen LogP contribution >= 0.6 is 34.8 Å². The molecule has 2 rings (SSSR count). The van der Waals surface area contributed by atoms with Crippen LogP contribution < -0.4 is 10.6 Å². The summed E-state index contributed by atoms with van der Waals surface area (Å²) in [5.74, 6) is 0.237. The van der Waals surface area contributed by atoms with Gasteiger partial charge in [-0.2, -0.15) is 0 Å². The summed E-state index contributed by atoms with van der Waals surface area (Å²) in [7, 11) is 0. The molecule has 1 amide bonds. The van der Waals surface area contributed by atoms with Crippen LogP contribution in [0.1, 0.15) is 17.3 Å². The van der Waals surface area contributed by atoms with Crippen molar-refractivity contribution in [3.05, 3.63) is 51.1 Å². The van der Waals surface area contributed by atoms with E-state index >= 15 is 0 Å². The Hall–Kier alpha value is -1.49. The molecule has 0 fully saturated rings. The molecule has 110 valence electrons. The van der Waals surface area contributed by atoms with Gasteiger partial charge in [-0.1, -0.05) is 34.8 Å². The van der Waals surface area contributed by atoms with Crippen LogP contribution in [0.4, 0.5) is 11.5 Å². The van der Waals surface area contributed by atoms with E-state index in [-0.39, 0.29) is 10.9 Å². The number of anilines is 2. The minimum atomic E-state index is -0.347. The Morgan fingerprint density at radius 3 is 2.57 bits per heavy atom. The lowest BCUT2D eigenvalue weighted by atomic mass is 10.2. The maximum atomic E-state index is 12.3. The lowest BCUT2D eigenvalue weighted by Crippen LogP contribution is -2.13. The molecule has 0 aliphatic carbocycles. The average Bonchev–Trinajstić information content (AvgIpc) is 2.45. The first-order valence-electron chi connectivity index (χ1n) is 6.17. The lowest BCUT2D eigenvalue weighted by Gasteiger charge is -2.09. The number of rotatable bonds is 4. The summed E-state index contributed by atoms with van der Waals surface area (Å²) in [6.45, 7) is 2.63. The first-order valence-corrected chi connectivity index (χ1v) is 7.30. The van der Waals surface area contributed by atoms with Gasteiger partial charge in [-0.3, -0.25) is 4.79 Å². The van der Waals surface area contributed by atoms with Crippen molar-refractivity contribution in [3.63, 3.8) is 0 Å². The molecule has 0 spiro atoms. The zero-order valence-corrected chi connectivity index (χ0v) is 13.4. The van der Waals surface area contributed by atoms with Gasteiger partial charge in [0, 0.05) is 18.4 Å². The topological polar surface area (TPSA) is 54.0 Å². The van der Waals surface area contributed by atoms with Gasteiger partial charge in [-0.05, 0) is 31.2 Å². The molecule has 0 unspecified atom stereocenters. The van der Waals surface area contributed by atoms with Crippen molar-refractivity contribution in [1.82, 2.24) is 4.98 Å². The molecule has 0 radical (unpaired) electrons. The van der Waals surface area contributed by atoms with E-state index in [1.807, 2.05) is 6.92 Å². The van der Waals surface area contributed by atoms with Crippen molar-refractivity contribution in [2.75, 3.05) is 17.2 Å². The molecule has 0 aliphatic rings. The van der Waals surface area contributed by atoms with Crippen molar-refractivity contribution in [3.8, 4) is 0 Å². The van der Waals surface area contributed by atoms with Crippen LogP contribution in [0.5, 0.6) is 0 Å². The Kier molecular flexibility index (Phi) is 5.28. The second-order valence-corrected chi connectivity index (χ2v) is 5.38. The molecule has 7 heteroatoms. The van der Waals surface area contributed by atoms with Gasteiger partial charge in [0.15, 0.2) is 0 Å². The maximum absolute atomic E-state index is 12.3. The number of halogens is 3. The summed E-state index contributed by atoms with van der Waals surface area (Å²) >= 11 is 17.8. The number of nitrogens with one attached hydrogen (secondary N) is 2. The van der Waals surface area contributed by atoms with E-state index in [4.69, 9.17) is 34.8 Å². The molecule has 0 aliphatic heterocycles. The van der Waals surface area contributed by atoms with E-state index in [2.05, 4.69) is 15.6 Å². The molecule has 2 aromatic rings. The molecule has 1 aromatic carbocycles. The third-order valence-electron chi connectivity index (χ3n) is 2.64. The quantitative estimate of drug-likeness (QED) is 0.843. The molecular formula is C14H12Cl3N3O. The van der Waals surface area contributed by atoms with E-state index in [1.165, 1.54) is 6.20 Å². The van der Waals surface area contributed by atoms with Crippen LogP contribution in [0.3, 0.4) is 0 Å². The van der Waals surface area contributed by atoms with Gasteiger partial charge in [0.05, 0.1) is 20.6 Å². The largest absolute Gasteiger partial charge is 0.370 e. The number of nitrogens with zero attached hydrogens (tertiary/aromatic N) is 1. The van der Waals surface area contributed by atoms with Crippen LogP contribution in [0.15, 0.2) is 30.5 Å². The van der Waals surface area contributed by atoms with Gasteiger partial charge in [0.25, 0.3) is 5.91 Å². The van der Waals surface area contributed by atoms with Gasteiger partial charge in [-0.25, -0.2) is 4.98 Å². The van der Waals surface area contributed by atoms with Gasteiger partial charge in [-0.15, -0.1) is 0 Å². The number of amides is 1. The first-order chi connectivity index (χ1) is 10.0. The Morgan fingerprint density at radius 1 is 1.14 bits per heavy atom. The Morgan fingerprint density at radius 2 is 1.90 bits per heavy atom. The minimum Gasteiger partial charge on any atom is -0.370 e. The molecule has 0 saturated carbocycles. The fourth-order valence-electron chi connectivity index (χ4n) is 1.66. The van der Waals surface area contributed by atoms with Crippen molar-refractivity contribution in [2.45, 2.75) is 6.92 Å². The van der Waals surface area contributed by atoms with E-state index in [0.29, 0.717) is 33.7 Å². The zero-order valence-electron chi connectivity index (χ0n) is 11.1. The van der Waals surface area contributed by atoms with Gasteiger partial charge in [0.1, 0.15) is 5.82 Å². The number of aromatic nitrogens is 1. The normalized spacial score (nSPS) is 10.3. The predicted molar refractivity (Wildman–Crippen MR) is 87.8 cm³/mol. The Bertz CT molecular complexity index is 677. The smallest absolute Gasteiger partial charge is 0.257 e. The SMILES string of the molecule is CCNc1cc(C(=O)Nc2ccc(Cl)c(Cl)c2)c(Cl)cn1. The lowest BCUT2D eigenvalue weighted by molar-refractivity contribution is 0.102. The summed E-state index contributed by atoms with van der Waals surface area (Å²) in [5, 5.41) is 6.80. The predicted octanol–water partition coefficient (Wildman–Crippen LogP) is 4.73. The fourth-order valence-corrected chi connectivity index (χ4v) is 2.15. The third kappa shape index (κ3) is 4.00. The van der Waals surface area contributed by atoms with E-state index in [9.17, 15) is 4.79 Å². The maximum Gasteiger partial charge on any atom is 0.257 e. The molecule has 21 heavy (non-hydrogen) atoms. The Balaban J connectivity index is 2.23. The van der Waals surface area contributed by atoms with E-state index < -0.39 is 0 Å². The standard InChI is InChI=1S/C14H12Cl3N3O/c1-2-18-13-6-9(12(17)7-19-13)14(21)20-8-3-4-10(15)11(16)5-8/h3-7H,2H2,1H3,(H,18,19)(H,20,21). The second kappa shape index (κ2) is 6.98. The van der Waals surface area contributed by atoms with Crippen molar-refractivity contribution in [2.24, 2.45) is 0 Å². The summed E-state index contributed by atoms with van der Waals surface area (Å²) < 4.78 is 0. The number of carbonyl (C=O) groups excluding carboxylic acids is 1. The van der Waals surface area contributed by atoms with E-state index in [1.54, 1.807) is 24.3 Å². The highest BCUT2D eigenvalue weighted by atomic mass is 35.5. The van der Waals surface area contributed by atoms with Crippen LogP contribution in [-0.2, 0) is 0 Å². The van der Waals surface area contributed by atoms with Crippen molar-refractivity contribution >= 4 is 52.2 Å². The summed E-state index contributed by atoms with van der Waals surface area (Å²) in [6.07, 6.45) is 1.43. The molecule has 2 N–H and O–H groups in total. The fraction of sp³-hybridized carbons (Fsp3) is 0.143. The number of carbonyl (C=O) groups is 1. The first kappa shape index (κ1) is 15.9. The highest BCUT2D eigenvalue weighted by molar-refractivity contribution is 6.42. The van der Waals surface area contributed by atoms with E-state index in [0.717, 1.165) is 0 Å². The van der Waals surface area contributed by atoms with Gasteiger partial charge in [0.2, 0.25) is 0 Å². The molecule has 0 bridgehead atoms. The molecule has 4 nitrogen and oxygen atoms in total. The number of pyridine rings is 1. The zero-order chi connectivity index (χ0) is 15.4. The highest BCUT2D eigenvalue weighted by Gasteiger charge is 2.13. The van der Waals surface area contributed by atoms with Crippen LogP contribution in [-0.4, -0.2) is 17.4 Å². The number of benzene rings is 1. The minimum absolute atomic E-state index is 0.272. The summed E-state index contributed by atoms with van der Waals surface area (Å²) in [5.41, 5.74) is 0.862. The number of hydrogen-bond acceptors (Lipinski definition) is 3. The van der Waals surface area contributed by atoms with Crippen LogP contribution in [0.2, 0.25) is 15.1 Å². The molecule has 0 saturated heterocycles. The third-order valence-corrected chi connectivity index (χ3v) is 3.68. The molecule has 1 heterocycles. The van der Waals surface area contributed by atoms with Crippen LogP contribution in [0.25, 0.3) is 0 Å². The average molecular weight is 345 g/mol. The molecule has 0 atom stereocenters. The summed E-state index contributed by atoms with van der Waals surface area (Å²) in [6, 6.07) is 6.44. The number of hydrogen-bond donors (Lipinski definition) is 2. The highest BCUT2D eigenvalue weighted by Crippen LogP contribution is 2.26. The van der Waals surface area contributed by atoms with Crippen molar-refractivity contribution in [1.29, 1.82) is 0 Å². The Labute approximate surface area is 137 Å². The molecular weight excluding hydrogens is 333 g/mol. The summed E-state index contributed by atoms with van der Waals surface area (Å²) in [4.78, 5) is 16.3. The van der Waals surface area contributed by atoms with Crippen molar-refractivity contribution < 1.29 is 4.79 Å². The second-order valence-electron chi connectivity index (χ2n) is 4.16. The van der Waals surface area contributed by atoms with Gasteiger partial charge >= 0.3 is 0 Å². The molecule has 1 aromatic heterocycles. The monoisotopic (exact) mass is 343 g/mol. The van der Waals surface area contributed by atoms with Crippen LogP contribution in [0, 0.1) is 0 Å². The van der Waals surface area contributed by atoms with Gasteiger partial charge < -0.3 is 10.6 Å².